The van der Waals surface area contributed by atoms with E-state index < -0.39 is 6.04 Å². The number of rotatable bonds is 9. The van der Waals surface area contributed by atoms with Crippen LogP contribution in [0.3, 0.4) is 0 Å². The Bertz CT molecular complexity index is 1260. The number of pyridine rings is 1. The minimum atomic E-state index is -0.489. The van der Waals surface area contributed by atoms with Gasteiger partial charge in [0.2, 0.25) is 5.91 Å². The first-order valence-corrected chi connectivity index (χ1v) is 12.2. The maximum atomic E-state index is 13.4. The molecule has 0 fully saturated rings. The third-order valence-corrected chi connectivity index (χ3v) is 6.11. The van der Waals surface area contributed by atoms with Gasteiger partial charge in [0.15, 0.2) is 0 Å². The molecule has 2 aromatic carbocycles. The second kappa shape index (κ2) is 11.5. The van der Waals surface area contributed by atoms with Gasteiger partial charge in [0.1, 0.15) is 0 Å². The molecule has 0 aliphatic heterocycles. The van der Waals surface area contributed by atoms with Crippen molar-refractivity contribution < 1.29 is 9.59 Å². The van der Waals surface area contributed by atoms with E-state index in [0.29, 0.717) is 24.2 Å². The zero-order valence-corrected chi connectivity index (χ0v) is 20.5. The SMILES string of the molecule is CN(C)C(=O)c1cc(NC(=O)C(Cc2ccccc2)NCc2cscn2)cc(-c2ccncc2)c1. The number of amides is 2. The van der Waals surface area contributed by atoms with E-state index in [2.05, 4.69) is 20.6 Å². The molecule has 2 amide bonds. The van der Waals surface area contributed by atoms with E-state index in [-0.39, 0.29) is 11.8 Å². The number of carbonyl (C=O) groups is 2. The van der Waals surface area contributed by atoms with E-state index in [1.165, 1.54) is 16.2 Å². The Kier molecular flexibility index (Phi) is 7.97. The van der Waals surface area contributed by atoms with Crippen molar-refractivity contribution in [3.63, 3.8) is 0 Å². The van der Waals surface area contributed by atoms with Crippen LogP contribution in [0.1, 0.15) is 21.6 Å². The van der Waals surface area contributed by atoms with Crippen LogP contribution in [0, 0.1) is 0 Å². The Morgan fingerprint density at radius 1 is 1.00 bits per heavy atom. The highest BCUT2D eigenvalue weighted by molar-refractivity contribution is 7.07. The maximum absolute atomic E-state index is 13.4. The van der Waals surface area contributed by atoms with Crippen LogP contribution in [0.2, 0.25) is 0 Å². The lowest BCUT2D eigenvalue weighted by Crippen LogP contribution is -2.42. The quantitative estimate of drug-likeness (QED) is 0.370. The van der Waals surface area contributed by atoms with Crippen molar-refractivity contribution in [2.75, 3.05) is 19.4 Å². The summed E-state index contributed by atoms with van der Waals surface area (Å²) in [6, 6.07) is 18.6. The van der Waals surface area contributed by atoms with Gasteiger partial charge >= 0.3 is 0 Å². The van der Waals surface area contributed by atoms with Gasteiger partial charge in [-0.1, -0.05) is 30.3 Å². The smallest absolute Gasteiger partial charge is 0.253 e. The monoisotopic (exact) mass is 485 g/mol. The van der Waals surface area contributed by atoms with E-state index in [1.54, 1.807) is 38.1 Å². The second-order valence-electron chi connectivity index (χ2n) is 8.33. The lowest BCUT2D eigenvalue weighted by Gasteiger charge is -2.19. The molecule has 0 saturated carbocycles. The van der Waals surface area contributed by atoms with Crippen molar-refractivity contribution in [3.8, 4) is 11.1 Å². The van der Waals surface area contributed by atoms with Crippen LogP contribution in [-0.4, -0.2) is 46.8 Å². The summed E-state index contributed by atoms with van der Waals surface area (Å²) in [5, 5.41) is 8.33. The van der Waals surface area contributed by atoms with Gasteiger partial charge in [-0.05, 0) is 53.4 Å². The molecule has 2 N–H and O–H groups in total. The van der Waals surface area contributed by atoms with Gasteiger partial charge in [-0.2, -0.15) is 0 Å². The van der Waals surface area contributed by atoms with Crippen LogP contribution in [0.4, 0.5) is 5.69 Å². The average Bonchev–Trinajstić information content (AvgIpc) is 3.40. The predicted octanol–water partition coefficient (Wildman–Crippen LogP) is 4.25. The highest BCUT2D eigenvalue weighted by Gasteiger charge is 2.20. The highest BCUT2D eigenvalue weighted by Crippen LogP contribution is 2.25. The zero-order chi connectivity index (χ0) is 24.6. The number of anilines is 1. The summed E-state index contributed by atoms with van der Waals surface area (Å²) >= 11 is 1.52. The second-order valence-corrected chi connectivity index (χ2v) is 9.05. The summed E-state index contributed by atoms with van der Waals surface area (Å²) < 4.78 is 0. The molecule has 35 heavy (non-hydrogen) atoms. The van der Waals surface area contributed by atoms with E-state index in [4.69, 9.17) is 0 Å². The van der Waals surface area contributed by atoms with Crippen LogP contribution in [0.15, 0.2) is 83.9 Å². The molecule has 0 radical (unpaired) electrons. The van der Waals surface area contributed by atoms with E-state index >= 15 is 0 Å². The fraction of sp³-hybridized carbons (Fsp3) is 0.185. The van der Waals surface area contributed by atoms with Gasteiger partial charge < -0.3 is 10.2 Å². The topological polar surface area (TPSA) is 87.2 Å². The van der Waals surface area contributed by atoms with Gasteiger partial charge in [-0.15, -0.1) is 11.3 Å². The standard InChI is InChI=1S/C27H27N5O2S/c1-32(2)27(34)22-13-21(20-8-10-28-11-9-20)14-23(15-22)31-26(33)25(12-19-6-4-3-5-7-19)29-16-24-17-35-18-30-24/h3-11,13-15,17-18,25,29H,12,16H2,1-2H3,(H,31,33). The molecule has 1 unspecified atom stereocenters. The third kappa shape index (κ3) is 6.59. The molecule has 1 atom stereocenters. The van der Waals surface area contributed by atoms with Crippen molar-refractivity contribution in [1.82, 2.24) is 20.2 Å². The number of thiazole rings is 1. The molecule has 4 rings (SSSR count). The van der Waals surface area contributed by atoms with Gasteiger partial charge in [0.25, 0.3) is 5.91 Å². The number of benzene rings is 2. The van der Waals surface area contributed by atoms with Crippen molar-refractivity contribution in [3.05, 3.63) is 101 Å². The first kappa shape index (κ1) is 24.3. The zero-order valence-electron chi connectivity index (χ0n) is 19.6. The minimum absolute atomic E-state index is 0.140. The van der Waals surface area contributed by atoms with E-state index in [0.717, 1.165) is 22.4 Å². The van der Waals surface area contributed by atoms with E-state index in [9.17, 15) is 9.59 Å². The van der Waals surface area contributed by atoms with E-state index in [1.807, 2.05) is 60.0 Å². The first-order valence-electron chi connectivity index (χ1n) is 11.2. The van der Waals surface area contributed by atoms with Gasteiger partial charge in [-0.25, -0.2) is 4.98 Å². The van der Waals surface area contributed by atoms with Crippen LogP contribution < -0.4 is 10.6 Å². The van der Waals surface area contributed by atoms with Crippen LogP contribution in [0.5, 0.6) is 0 Å². The molecule has 2 aromatic heterocycles. The Balaban J connectivity index is 1.61. The number of aromatic nitrogens is 2. The van der Waals surface area contributed by atoms with Gasteiger partial charge in [-0.3, -0.25) is 19.9 Å². The molecule has 4 aromatic rings. The Hall–Kier alpha value is -3.88. The van der Waals surface area contributed by atoms with Crippen molar-refractivity contribution in [2.45, 2.75) is 19.0 Å². The fourth-order valence-corrected chi connectivity index (χ4v) is 4.24. The Labute approximate surface area is 208 Å². The predicted molar refractivity (Wildman–Crippen MR) is 139 cm³/mol. The van der Waals surface area contributed by atoms with Crippen molar-refractivity contribution in [2.24, 2.45) is 0 Å². The molecule has 0 saturated heterocycles. The number of nitrogens with one attached hydrogen (secondary N) is 2. The van der Waals surface area contributed by atoms with Gasteiger partial charge in [0, 0.05) is 49.7 Å². The molecule has 0 aliphatic carbocycles. The van der Waals surface area contributed by atoms with Crippen molar-refractivity contribution >= 4 is 28.8 Å². The van der Waals surface area contributed by atoms with Crippen LogP contribution >= 0.6 is 11.3 Å². The van der Waals surface area contributed by atoms with Crippen LogP contribution in [-0.2, 0) is 17.8 Å². The molecular formula is C27H27N5O2S. The normalized spacial score (nSPS) is 11.6. The number of nitrogens with zero attached hydrogens (tertiary/aromatic N) is 3. The molecule has 178 valence electrons. The summed E-state index contributed by atoms with van der Waals surface area (Å²) in [4.78, 5) is 36.1. The Morgan fingerprint density at radius 2 is 1.77 bits per heavy atom. The first-order chi connectivity index (χ1) is 17.0. The Morgan fingerprint density at radius 3 is 2.46 bits per heavy atom. The summed E-state index contributed by atoms with van der Waals surface area (Å²) in [6.07, 6.45) is 3.92. The molecule has 0 bridgehead atoms. The molecule has 7 nitrogen and oxygen atoms in total. The third-order valence-electron chi connectivity index (χ3n) is 5.48. The fourth-order valence-electron chi connectivity index (χ4n) is 3.68. The lowest BCUT2D eigenvalue weighted by molar-refractivity contribution is -0.118. The molecule has 8 heteroatoms. The number of hydrogen-bond donors (Lipinski definition) is 2. The highest BCUT2D eigenvalue weighted by atomic mass is 32.1. The number of carbonyl (C=O) groups excluding carboxylic acids is 2. The molecule has 0 spiro atoms. The van der Waals surface area contributed by atoms with Crippen molar-refractivity contribution in [1.29, 1.82) is 0 Å². The largest absolute Gasteiger partial charge is 0.345 e. The maximum Gasteiger partial charge on any atom is 0.253 e. The summed E-state index contributed by atoms with van der Waals surface area (Å²) in [5.74, 6) is -0.321. The molecular weight excluding hydrogens is 458 g/mol. The molecule has 2 heterocycles. The number of hydrogen-bond acceptors (Lipinski definition) is 6. The van der Waals surface area contributed by atoms with Gasteiger partial charge in [0.05, 0.1) is 17.2 Å². The lowest BCUT2D eigenvalue weighted by atomic mass is 10.0. The average molecular weight is 486 g/mol. The summed E-state index contributed by atoms with van der Waals surface area (Å²) in [7, 11) is 3.41. The summed E-state index contributed by atoms with van der Waals surface area (Å²) in [5.41, 5.74) is 6.50. The van der Waals surface area contributed by atoms with Crippen LogP contribution in [0.25, 0.3) is 11.1 Å². The minimum Gasteiger partial charge on any atom is -0.345 e. The molecule has 0 aliphatic rings. The summed E-state index contributed by atoms with van der Waals surface area (Å²) in [6.45, 7) is 0.482.